The van der Waals surface area contributed by atoms with Crippen LogP contribution in [0.15, 0.2) is 65.1 Å². The summed E-state index contributed by atoms with van der Waals surface area (Å²) in [5, 5.41) is 6.01. The lowest BCUT2D eigenvalue weighted by Crippen LogP contribution is -2.32. The number of carbonyl (C=O) groups excluding carboxylic acids is 3. The zero-order chi connectivity index (χ0) is 26.6. The van der Waals surface area contributed by atoms with Gasteiger partial charge in [0.05, 0.1) is 16.6 Å². The molecular weight excluding hydrogens is 578 g/mol. The number of rotatable bonds is 8. The third kappa shape index (κ3) is 6.03. The average molecular weight is 601 g/mol. The van der Waals surface area contributed by atoms with E-state index in [-0.39, 0.29) is 44.1 Å². The average Bonchev–Trinajstić information content (AvgIpc) is 3.54. The van der Waals surface area contributed by atoms with E-state index in [1.54, 1.807) is 47.4 Å². The van der Waals surface area contributed by atoms with Gasteiger partial charge in [-0.25, -0.2) is 0 Å². The maximum atomic E-state index is 12.7. The van der Waals surface area contributed by atoms with Crippen molar-refractivity contribution in [1.82, 2.24) is 5.32 Å². The van der Waals surface area contributed by atoms with Gasteiger partial charge in [0.1, 0.15) is 5.75 Å². The molecule has 1 fully saturated rings. The number of nitrogens with zero attached hydrogens (tertiary/aromatic N) is 1. The summed E-state index contributed by atoms with van der Waals surface area (Å²) in [4.78, 5) is 39.2. The Balaban J connectivity index is 1.11. The Morgan fingerprint density at radius 3 is 2.63 bits per heavy atom. The number of hydrogen-bond donors (Lipinski definition) is 2. The molecule has 1 atom stereocenters. The number of halogens is 2. The van der Waals surface area contributed by atoms with Crippen LogP contribution in [-0.4, -0.2) is 37.7 Å². The highest BCUT2D eigenvalue weighted by Gasteiger charge is 2.35. The smallest absolute Gasteiger partial charge is 0.262 e. The first kappa shape index (κ1) is 25.9. The van der Waals surface area contributed by atoms with Gasteiger partial charge in [-0.1, -0.05) is 33.6 Å². The molecule has 11 heteroatoms. The maximum absolute atomic E-state index is 12.7. The molecular formula is C27H23BrClN3O6. The Hall–Kier alpha value is -3.76. The Kier molecular flexibility index (Phi) is 7.71. The van der Waals surface area contributed by atoms with Crippen molar-refractivity contribution in [2.45, 2.75) is 13.0 Å². The number of benzene rings is 3. The van der Waals surface area contributed by atoms with Crippen LogP contribution in [0.1, 0.15) is 12.0 Å². The number of fused-ring (bicyclic) bond motifs is 1. The van der Waals surface area contributed by atoms with Crippen LogP contribution in [0, 0.1) is 5.92 Å². The summed E-state index contributed by atoms with van der Waals surface area (Å²) in [6.45, 7) is 0.589. The minimum Gasteiger partial charge on any atom is -0.484 e. The monoisotopic (exact) mass is 599 g/mol. The van der Waals surface area contributed by atoms with E-state index < -0.39 is 5.92 Å². The van der Waals surface area contributed by atoms with Gasteiger partial charge in [0.25, 0.3) is 5.91 Å². The first-order valence-corrected chi connectivity index (χ1v) is 13.0. The van der Waals surface area contributed by atoms with Gasteiger partial charge >= 0.3 is 0 Å². The van der Waals surface area contributed by atoms with Gasteiger partial charge in [0.2, 0.25) is 18.6 Å². The summed E-state index contributed by atoms with van der Waals surface area (Å²) in [5.74, 6) is 0.672. The van der Waals surface area contributed by atoms with Gasteiger partial charge in [0, 0.05) is 29.7 Å². The van der Waals surface area contributed by atoms with Crippen LogP contribution in [-0.2, 0) is 20.9 Å². The van der Waals surface area contributed by atoms with Gasteiger partial charge < -0.3 is 29.7 Å². The van der Waals surface area contributed by atoms with Crippen LogP contribution in [0.3, 0.4) is 0 Å². The molecule has 0 unspecified atom stereocenters. The van der Waals surface area contributed by atoms with Crippen molar-refractivity contribution in [2.24, 2.45) is 5.92 Å². The fraction of sp³-hybridized carbons (Fsp3) is 0.222. The van der Waals surface area contributed by atoms with Gasteiger partial charge in [-0.05, 0) is 60.2 Å². The highest BCUT2D eigenvalue weighted by molar-refractivity contribution is 9.10. The zero-order valence-electron chi connectivity index (χ0n) is 20.0. The van der Waals surface area contributed by atoms with E-state index in [1.807, 2.05) is 18.2 Å². The molecule has 0 radical (unpaired) electrons. The SMILES string of the molecule is O=C(COc1ccc(N2C[C@H](C(=O)NCc3ccc4c(c3)OCO4)CC2=O)cc1)Nc1ccc(Br)cc1Cl. The number of amides is 3. The highest BCUT2D eigenvalue weighted by atomic mass is 79.9. The molecule has 3 amide bonds. The topological polar surface area (TPSA) is 106 Å². The summed E-state index contributed by atoms with van der Waals surface area (Å²) < 4.78 is 17.0. The molecule has 3 aromatic rings. The van der Waals surface area contributed by atoms with Crippen molar-refractivity contribution in [2.75, 3.05) is 30.2 Å². The number of nitrogens with one attached hydrogen (secondary N) is 2. The summed E-state index contributed by atoms with van der Waals surface area (Å²) >= 11 is 9.44. The van der Waals surface area contributed by atoms with Crippen LogP contribution in [0.25, 0.3) is 0 Å². The lowest BCUT2D eigenvalue weighted by atomic mass is 10.1. The van der Waals surface area contributed by atoms with E-state index in [2.05, 4.69) is 26.6 Å². The molecule has 0 bridgehead atoms. The first-order valence-electron chi connectivity index (χ1n) is 11.8. The van der Waals surface area contributed by atoms with Crippen molar-refractivity contribution in [3.63, 3.8) is 0 Å². The van der Waals surface area contributed by atoms with Crippen molar-refractivity contribution < 1.29 is 28.6 Å². The Morgan fingerprint density at radius 1 is 1.05 bits per heavy atom. The fourth-order valence-electron chi connectivity index (χ4n) is 4.17. The molecule has 0 saturated carbocycles. The summed E-state index contributed by atoms with van der Waals surface area (Å²) in [6, 6.07) is 17.5. The van der Waals surface area contributed by atoms with Gasteiger partial charge in [-0.2, -0.15) is 0 Å². The van der Waals surface area contributed by atoms with Gasteiger partial charge in [0.15, 0.2) is 18.1 Å². The van der Waals surface area contributed by atoms with E-state index >= 15 is 0 Å². The second kappa shape index (κ2) is 11.3. The molecule has 3 aromatic carbocycles. The largest absolute Gasteiger partial charge is 0.484 e. The predicted octanol–water partition coefficient (Wildman–Crippen LogP) is 4.52. The minimum absolute atomic E-state index is 0.129. The minimum atomic E-state index is -0.457. The molecule has 2 aliphatic heterocycles. The second-order valence-corrected chi connectivity index (χ2v) is 10.1. The predicted molar refractivity (Wildman–Crippen MR) is 145 cm³/mol. The van der Waals surface area contributed by atoms with E-state index in [4.69, 9.17) is 25.8 Å². The highest BCUT2D eigenvalue weighted by Crippen LogP contribution is 2.33. The van der Waals surface area contributed by atoms with E-state index in [0.717, 1.165) is 10.0 Å². The fourth-order valence-corrected chi connectivity index (χ4v) is 4.89. The first-order chi connectivity index (χ1) is 18.4. The van der Waals surface area contributed by atoms with Crippen LogP contribution < -0.4 is 29.7 Å². The summed E-state index contributed by atoms with van der Waals surface area (Å²) in [7, 11) is 0. The molecule has 2 heterocycles. The molecule has 5 rings (SSSR count). The standard InChI is InChI=1S/C27H23BrClN3O6/c28-18-2-7-22(21(29)11-18)31-25(33)14-36-20-5-3-19(4-6-20)32-13-17(10-26(32)34)27(35)30-12-16-1-8-23-24(9-16)38-15-37-23/h1-9,11,17H,10,12-15H2,(H,30,35)(H,31,33)/t17-/m1/s1. The molecule has 0 aromatic heterocycles. The molecule has 2 N–H and O–H groups in total. The Bertz CT molecular complexity index is 1380. The normalized spacial score (nSPS) is 15.9. The molecule has 0 aliphatic carbocycles. The van der Waals surface area contributed by atoms with E-state index in [1.165, 1.54) is 0 Å². The summed E-state index contributed by atoms with van der Waals surface area (Å²) in [5.41, 5.74) is 2.02. The molecule has 1 saturated heterocycles. The van der Waals surface area contributed by atoms with Crippen molar-refractivity contribution in [1.29, 1.82) is 0 Å². The maximum Gasteiger partial charge on any atom is 0.262 e. The van der Waals surface area contributed by atoms with E-state index in [0.29, 0.717) is 40.2 Å². The molecule has 196 valence electrons. The lowest BCUT2D eigenvalue weighted by Gasteiger charge is -2.17. The molecule has 9 nitrogen and oxygen atoms in total. The van der Waals surface area contributed by atoms with Crippen molar-refractivity contribution in [3.05, 3.63) is 75.7 Å². The van der Waals surface area contributed by atoms with E-state index in [9.17, 15) is 14.4 Å². The molecule has 2 aliphatic rings. The van der Waals surface area contributed by atoms with Crippen molar-refractivity contribution >= 4 is 56.6 Å². The molecule has 38 heavy (non-hydrogen) atoms. The van der Waals surface area contributed by atoms with Crippen LogP contribution in [0.4, 0.5) is 11.4 Å². The van der Waals surface area contributed by atoms with Gasteiger partial charge in [-0.15, -0.1) is 0 Å². The Labute approximate surface area is 232 Å². The third-order valence-electron chi connectivity index (χ3n) is 6.12. The number of ether oxygens (including phenoxy) is 3. The second-order valence-electron chi connectivity index (χ2n) is 8.77. The van der Waals surface area contributed by atoms with Crippen molar-refractivity contribution in [3.8, 4) is 17.2 Å². The number of hydrogen-bond acceptors (Lipinski definition) is 6. The molecule has 0 spiro atoms. The Morgan fingerprint density at radius 2 is 1.84 bits per heavy atom. The summed E-state index contributed by atoms with van der Waals surface area (Å²) in [6.07, 6.45) is 0.129. The number of anilines is 2. The quantitative estimate of drug-likeness (QED) is 0.394. The van der Waals surface area contributed by atoms with Gasteiger partial charge in [-0.3, -0.25) is 14.4 Å². The third-order valence-corrected chi connectivity index (χ3v) is 6.93. The van der Waals surface area contributed by atoms with Crippen LogP contribution in [0.2, 0.25) is 5.02 Å². The lowest BCUT2D eigenvalue weighted by molar-refractivity contribution is -0.126. The van der Waals surface area contributed by atoms with Crippen LogP contribution in [0.5, 0.6) is 17.2 Å². The zero-order valence-corrected chi connectivity index (χ0v) is 22.4. The number of carbonyl (C=O) groups is 3. The van der Waals surface area contributed by atoms with Crippen LogP contribution >= 0.6 is 27.5 Å².